The Morgan fingerprint density at radius 2 is 1.80 bits per heavy atom. The van der Waals surface area contributed by atoms with Crippen molar-refractivity contribution >= 4 is 55.1 Å². The van der Waals surface area contributed by atoms with E-state index in [2.05, 4.69) is 41.8 Å². The molecule has 0 N–H and O–H groups in total. The zero-order chi connectivity index (χ0) is 17.8. The lowest BCUT2D eigenvalue weighted by Crippen LogP contribution is -2.31. The van der Waals surface area contributed by atoms with Crippen LogP contribution in [0.15, 0.2) is 69.9 Å². The van der Waals surface area contributed by atoms with Gasteiger partial charge >= 0.3 is 0 Å². The summed E-state index contributed by atoms with van der Waals surface area (Å²) in [7, 11) is 0. The molecule has 0 unspecified atom stereocenters. The van der Waals surface area contributed by atoms with Crippen molar-refractivity contribution in [3.05, 3.63) is 86.3 Å². The summed E-state index contributed by atoms with van der Waals surface area (Å²) in [4.78, 5) is 23.1. The summed E-state index contributed by atoms with van der Waals surface area (Å²) in [6.45, 7) is 0.324. The molecule has 4 nitrogen and oxygen atoms in total. The number of carbonyl (C=O) groups excluding carboxylic acids is 1. The molecule has 2 aromatic heterocycles. The number of carbonyl (C=O) groups is 1. The molecule has 0 aliphatic heterocycles. The lowest BCUT2D eigenvalue weighted by molar-refractivity contribution is 0.0984. The summed E-state index contributed by atoms with van der Waals surface area (Å²) >= 11 is 12.9. The number of hydrogen-bond acceptors (Lipinski definition) is 3. The Kier molecular flexibility index (Phi) is 5.83. The number of nitrogens with zero attached hydrogens (tertiary/aromatic N) is 3. The van der Waals surface area contributed by atoms with Gasteiger partial charge in [-0.3, -0.25) is 9.78 Å². The largest absolute Gasteiger partial charge is 0.302 e. The van der Waals surface area contributed by atoms with Crippen LogP contribution in [0.2, 0.25) is 5.15 Å². The highest BCUT2D eigenvalue weighted by Gasteiger charge is 2.22. The van der Waals surface area contributed by atoms with Gasteiger partial charge in [0.2, 0.25) is 0 Å². The van der Waals surface area contributed by atoms with Crippen molar-refractivity contribution in [1.29, 1.82) is 0 Å². The third-order valence-corrected chi connectivity index (χ3v) is 4.73. The predicted octanol–water partition coefficient (Wildman–Crippen LogP) is 5.50. The maximum atomic E-state index is 13.1. The van der Waals surface area contributed by atoms with Crippen molar-refractivity contribution in [3.63, 3.8) is 0 Å². The van der Waals surface area contributed by atoms with E-state index in [0.717, 1.165) is 15.9 Å². The van der Waals surface area contributed by atoms with Gasteiger partial charge in [-0.25, -0.2) is 4.98 Å². The molecule has 0 atom stereocenters. The molecule has 3 aromatic rings. The van der Waals surface area contributed by atoms with Crippen LogP contribution in [0.4, 0.5) is 5.69 Å². The van der Waals surface area contributed by atoms with Gasteiger partial charge in [0.05, 0.1) is 17.8 Å². The molecule has 7 heteroatoms. The van der Waals surface area contributed by atoms with Crippen LogP contribution in [-0.4, -0.2) is 15.9 Å². The van der Waals surface area contributed by atoms with Gasteiger partial charge in [-0.05, 0) is 58.4 Å². The summed E-state index contributed by atoms with van der Waals surface area (Å²) in [6.07, 6.45) is 3.26. The number of aromatic nitrogens is 2. The van der Waals surface area contributed by atoms with Crippen LogP contribution in [-0.2, 0) is 6.54 Å². The third kappa shape index (κ3) is 4.45. The fourth-order valence-electron chi connectivity index (χ4n) is 2.27. The van der Waals surface area contributed by atoms with Crippen molar-refractivity contribution in [2.24, 2.45) is 0 Å². The Hall–Kier alpha value is -1.76. The Morgan fingerprint density at radius 3 is 2.48 bits per heavy atom. The highest BCUT2D eigenvalue weighted by atomic mass is 79.9. The molecule has 0 aliphatic rings. The van der Waals surface area contributed by atoms with Gasteiger partial charge in [-0.1, -0.05) is 33.6 Å². The minimum absolute atomic E-state index is 0.163. The maximum Gasteiger partial charge on any atom is 0.261 e. The van der Waals surface area contributed by atoms with Crippen molar-refractivity contribution in [1.82, 2.24) is 9.97 Å². The molecule has 0 saturated heterocycles. The number of halogens is 3. The smallest absolute Gasteiger partial charge is 0.261 e. The van der Waals surface area contributed by atoms with E-state index in [-0.39, 0.29) is 11.1 Å². The molecule has 1 aromatic carbocycles. The molecule has 2 heterocycles. The average Bonchev–Trinajstić information content (AvgIpc) is 2.63. The first-order chi connectivity index (χ1) is 12.0. The van der Waals surface area contributed by atoms with Gasteiger partial charge in [-0.15, -0.1) is 0 Å². The number of pyridine rings is 2. The molecule has 0 fully saturated rings. The molecular formula is C18H12Br2ClN3O. The first-order valence-corrected chi connectivity index (χ1v) is 9.29. The molecule has 0 aliphatic carbocycles. The molecule has 0 saturated carbocycles. The van der Waals surface area contributed by atoms with E-state index in [9.17, 15) is 4.79 Å². The lowest BCUT2D eigenvalue weighted by atomic mass is 10.2. The number of benzene rings is 1. The quantitative estimate of drug-likeness (QED) is 0.462. The molecule has 3 rings (SSSR count). The normalized spacial score (nSPS) is 10.5. The minimum Gasteiger partial charge on any atom is -0.302 e. The van der Waals surface area contributed by atoms with Crippen LogP contribution in [0.1, 0.15) is 16.1 Å². The van der Waals surface area contributed by atoms with E-state index in [4.69, 9.17) is 11.6 Å². The van der Waals surface area contributed by atoms with Crippen LogP contribution >= 0.6 is 43.5 Å². The molecule has 25 heavy (non-hydrogen) atoms. The van der Waals surface area contributed by atoms with Crippen LogP contribution in [0.25, 0.3) is 0 Å². The predicted molar refractivity (Wildman–Crippen MR) is 106 cm³/mol. The zero-order valence-corrected chi connectivity index (χ0v) is 16.8. The number of hydrogen-bond donors (Lipinski definition) is 0. The standard InChI is InChI=1S/C18H12Br2ClN3O/c19-12-4-6-15(7-5-12)24(11-14-3-1-2-8-22-14)18(25)16-9-13(20)10-23-17(16)21/h1-10H,11H2. The topological polar surface area (TPSA) is 46.1 Å². The average molecular weight is 482 g/mol. The second-order valence-electron chi connectivity index (χ2n) is 5.18. The summed E-state index contributed by atoms with van der Waals surface area (Å²) in [5.74, 6) is -0.244. The van der Waals surface area contributed by atoms with E-state index < -0.39 is 0 Å². The van der Waals surface area contributed by atoms with Crippen LogP contribution in [0.5, 0.6) is 0 Å². The van der Waals surface area contributed by atoms with Gasteiger partial charge < -0.3 is 4.90 Å². The van der Waals surface area contributed by atoms with Crippen LogP contribution < -0.4 is 4.90 Å². The van der Waals surface area contributed by atoms with Crippen molar-refractivity contribution in [3.8, 4) is 0 Å². The van der Waals surface area contributed by atoms with E-state index in [1.807, 2.05) is 42.5 Å². The Labute approximate surface area is 167 Å². The molecule has 0 spiro atoms. The molecular weight excluding hydrogens is 469 g/mol. The van der Waals surface area contributed by atoms with Crippen molar-refractivity contribution in [2.75, 3.05) is 4.90 Å². The molecule has 0 radical (unpaired) electrons. The number of amides is 1. The molecule has 1 amide bonds. The Morgan fingerprint density at radius 1 is 1.04 bits per heavy atom. The van der Waals surface area contributed by atoms with E-state index in [1.165, 1.54) is 0 Å². The van der Waals surface area contributed by atoms with Crippen molar-refractivity contribution in [2.45, 2.75) is 6.54 Å². The SMILES string of the molecule is O=C(c1cc(Br)cnc1Cl)N(Cc1ccccn1)c1ccc(Br)cc1. The van der Waals surface area contributed by atoms with E-state index in [0.29, 0.717) is 16.6 Å². The van der Waals surface area contributed by atoms with Gasteiger partial charge in [0.25, 0.3) is 5.91 Å². The van der Waals surface area contributed by atoms with Crippen LogP contribution in [0.3, 0.4) is 0 Å². The summed E-state index contributed by atoms with van der Waals surface area (Å²) in [5.41, 5.74) is 1.85. The van der Waals surface area contributed by atoms with Gasteiger partial charge in [-0.2, -0.15) is 0 Å². The second kappa shape index (κ2) is 8.08. The first kappa shape index (κ1) is 18.0. The van der Waals surface area contributed by atoms with Crippen molar-refractivity contribution < 1.29 is 4.79 Å². The fraction of sp³-hybridized carbons (Fsp3) is 0.0556. The Balaban J connectivity index is 2.02. The second-order valence-corrected chi connectivity index (χ2v) is 7.37. The zero-order valence-electron chi connectivity index (χ0n) is 12.9. The summed E-state index contributed by atoms with van der Waals surface area (Å²) < 4.78 is 1.62. The highest BCUT2D eigenvalue weighted by Crippen LogP contribution is 2.25. The monoisotopic (exact) mass is 479 g/mol. The number of rotatable bonds is 4. The van der Waals surface area contributed by atoms with E-state index >= 15 is 0 Å². The third-order valence-electron chi connectivity index (χ3n) is 3.47. The van der Waals surface area contributed by atoms with Crippen LogP contribution in [0, 0.1) is 0 Å². The molecule has 126 valence electrons. The van der Waals surface area contributed by atoms with Gasteiger partial charge in [0.1, 0.15) is 5.15 Å². The maximum absolute atomic E-state index is 13.1. The summed E-state index contributed by atoms with van der Waals surface area (Å²) in [6, 6.07) is 14.8. The summed E-state index contributed by atoms with van der Waals surface area (Å²) in [5, 5.41) is 0.163. The van der Waals surface area contributed by atoms with E-state index in [1.54, 1.807) is 23.4 Å². The fourth-order valence-corrected chi connectivity index (χ4v) is 3.05. The Bertz CT molecular complexity index is 889. The first-order valence-electron chi connectivity index (χ1n) is 7.33. The van der Waals surface area contributed by atoms with Gasteiger partial charge in [0.15, 0.2) is 0 Å². The minimum atomic E-state index is -0.244. The molecule has 0 bridgehead atoms. The lowest BCUT2D eigenvalue weighted by Gasteiger charge is -2.23. The number of anilines is 1. The van der Waals surface area contributed by atoms with Gasteiger partial charge in [0, 0.05) is 27.0 Å². The highest BCUT2D eigenvalue weighted by molar-refractivity contribution is 9.10.